The minimum absolute atomic E-state index is 0.220. The van der Waals surface area contributed by atoms with Crippen molar-refractivity contribution < 1.29 is 9.18 Å². The molecule has 0 radical (unpaired) electrons. The van der Waals surface area contributed by atoms with Gasteiger partial charge in [-0.1, -0.05) is 32.1 Å². The van der Waals surface area contributed by atoms with Gasteiger partial charge in [0.25, 0.3) is 0 Å². The lowest BCUT2D eigenvalue weighted by molar-refractivity contribution is 0.250. The maximum absolute atomic E-state index is 12.7. The Bertz CT molecular complexity index is 399. The Morgan fingerprint density at radius 2 is 1.84 bits per heavy atom. The molecule has 3 nitrogen and oxygen atoms in total. The Morgan fingerprint density at radius 1 is 1.16 bits per heavy atom. The van der Waals surface area contributed by atoms with Gasteiger partial charge in [-0.15, -0.1) is 0 Å². The molecule has 1 aromatic carbocycles. The van der Waals surface area contributed by atoms with E-state index in [1.54, 1.807) is 12.1 Å². The molecule has 0 spiro atoms. The van der Waals surface area contributed by atoms with Crippen LogP contribution >= 0.6 is 0 Å². The molecule has 0 saturated heterocycles. The number of rotatable bonds is 4. The van der Waals surface area contributed by atoms with E-state index in [1.165, 1.54) is 44.2 Å². The van der Waals surface area contributed by atoms with Gasteiger partial charge < -0.3 is 10.6 Å². The van der Waals surface area contributed by atoms with E-state index in [-0.39, 0.29) is 11.8 Å². The summed E-state index contributed by atoms with van der Waals surface area (Å²) in [6, 6.07) is 5.55. The SMILES string of the molecule is O=C(NCCC1CCCCC1)Nc1ccc(F)cc1. The van der Waals surface area contributed by atoms with E-state index in [1.807, 2.05) is 0 Å². The normalized spacial score (nSPS) is 16.1. The molecule has 0 aliphatic heterocycles. The fourth-order valence-electron chi connectivity index (χ4n) is 2.57. The van der Waals surface area contributed by atoms with Crippen LogP contribution in [0.1, 0.15) is 38.5 Å². The van der Waals surface area contributed by atoms with Crippen LogP contribution < -0.4 is 10.6 Å². The van der Waals surface area contributed by atoms with Crippen LogP contribution in [-0.2, 0) is 0 Å². The van der Waals surface area contributed by atoms with Gasteiger partial charge in [0.05, 0.1) is 0 Å². The van der Waals surface area contributed by atoms with E-state index in [2.05, 4.69) is 10.6 Å². The fraction of sp³-hybridized carbons (Fsp3) is 0.533. The molecule has 1 aliphatic carbocycles. The highest BCUT2D eigenvalue weighted by molar-refractivity contribution is 5.89. The molecular weight excluding hydrogens is 243 g/mol. The summed E-state index contributed by atoms with van der Waals surface area (Å²) in [6.07, 6.45) is 7.65. The second-order valence-corrected chi connectivity index (χ2v) is 5.18. The van der Waals surface area contributed by atoms with Gasteiger partial charge in [-0.2, -0.15) is 0 Å². The number of anilines is 1. The molecule has 0 bridgehead atoms. The maximum atomic E-state index is 12.7. The zero-order valence-corrected chi connectivity index (χ0v) is 11.1. The van der Waals surface area contributed by atoms with Crippen LogP contribution in [0.25, 0.3) is 0 Å². The fourth-order valence-corrected chi connectivity index (χ4v) is 2.57. The zero-order chi connectivity index (χ0) is 13.5. The highest BCUT2D eigenvalue weighted by atomic mass is 19.1. The van der Waals surface area contributed by atoms with Crippen LogP contribution in [0, 0.1) is 11.7 Å². The number of carbonyl (C=O) groups excluding carboxylic acids is 1. The predicted molar refractivity (Wildman–Crippen MR) is 74.6 cm³/mol. The number of benzene rings is 1. The third-order valence-corrected chi connectivity index (χ3v) is 3.66. The summed E-state index contributed by atoms with van der Waals surface area (Å²) in [5.41, 5.74) is 0.608. The second-order valence-electron chi connectivity index (χ2n) is 5.18. The van der Waals surface area contributed by atoms with Crippen LogP contribution in [-0.4, -0.2) is 12.6 Å². The topological polar surface area (TPSA) is 41.1 Å². The van der Waals surface area contributed by atoms with E-state index in [9.17, 15) is 9.18 Å². The van der Waals surface area contributed by atoms with Gasteiger partial charge in [-0.3, -0.25) is 0 Å². The predicted octanol–water partition coefficient (Wildman–Crippen LogP) is 3.92. The molecule has 0 unspecified atom stereocenters. The van der Waals surface area contributed by atoms with Crippen molar-refractivity contribution in [1.82, 2.24) is 5.32 Å². The van der Waals surface area contributed by atoms with Crippen molar-refractivity contribution in [2.45, 2.75) is 38.5 Å². The lowest BCUT2D eigenvalue weighted by Crippen LogP contribution is -2.30. The van der Waals surface area contributed by atoms with Crippen LogP contribution in [0.3, 0.4) is 0 Å². The average molecular weight is 264 g/mol. The van der Waals surface area contributed by atoms with Crippen molar-refractivity contribution in [3.63, 3.8) is 0 Å². The molecular formula is C15H21FN2O. The molecule has 4 heteroatoms. The third kappa shape index (κ3) is 4.89. The van der Waals surface area contributed by atoms with Crippen LogP contribution in [0.15, 0.2) is 24.3 Å². The van der Waals surface area contributed by atoms with Gasteiger partial charge in [-0.25, -0.2) is 9.18 Å². The van der Waals surface area contributed by atoms with Crippen LogP contribution in [0.5, 0.6) is 0 Å². The molecule has 1 aromatic rings. The van der Waals surface area contributed by atoms with Crippen molar-refractivity contribution in [1.29, 1.82) is 0 Å². The Hall–Kier alpha value is -1.58. The van der Waals surface area contributed by atoms with Gasteiger partial charge in [0, 0.05) is 12.2 Å². The summed E-state index contributed by atoms with van der Waals surface area (Å²) < 4.78 is 12.7. The summed E-state index contributed by atoms with van der Waals surface area (Å²) in [5, 5.41) is 5.54. The van der Waals surface area contributed by atoms with E-state index < -0.39 is 0 Å². The smallest absolute Gasteiger partial charge is 0.319 e. The molecule has 2 amide bonds. The molecule has 0 heterocycles. The third-order valence-electron chi connectivity index (χ3n) is 3.66. The minimum Gasteiger partial charge on any atom is -0.338 e. The second kappa shape index (κ2) is 7.12. The highest BCUT2D eigenvalue weighted by Crippen LogP contribution is 2.25. The van der Waals surface area contributed by atoms with Crippen molar-refractivity contribution >= 4 is 11.7 Å². The van der Waals surface area contributed by atoms with E-state index in [0.717, 1.165) is 12.3 Å². The molecule has 0 atom stereocenters. The number of hydrogen-bond donors (Lipinski definition) is 2. The number of amides is 2. The molecule has 1 fully saturated rings. The van der Waals surface area contributed by atoms with E-state index in [4.69, 9.17) is 0 Å². The van der Waals surface area contributed by atoms with Gasteiger partial charge in [0.15, 0.2) is 0 Å². The van der Waals surface area contributed by atoms with Gasteiger partial charge >= 0.3 is 6.03 Å². The molecule has 104 valence electrons. The van der Waals surface area contributed by atoms with Crippen molar-refractivity contribution in [3.8, 4) is 0 Å². The zero-order valence-electron chi connectivity index (χ0n) is 11.1. The summed E-state index contributed by atoms with van der Waals surface area (Å²) in [4.78, 5) is 11.6. The van der Waals surface area contributed by atoms with E-state index in [0.29, 0.717) is 12.2 Å². The standard InChI is InChI=1S/C15H21FN2O/c16-13-6-8-14(9-7-13)18-15(19)17-11-10-12-4-2-1-3-5-12/h6-9,12H,1-5,10-11H2,(H2,17,18,19). The average Bonchev–Trinajstić information content (AvgIpc) is 2.43. The van der Waals surface area contributed by atoms with Gasteiger partial charge in [0.1, 0.15) is 5.82 Å². The number of nitrogens with one attached hydrogen (secondary N) is 2. The number of halogens is 1. The van der Waals surface area contributed by atoms with Crippen molar-refractivity contribution in [3.05, 3.63) is 30.1 Å². The molecule has 1 aliphatic rings. The quantitative estimate of drug-likeness (QED) is 0.850. The lowest BCUT2D eigenvalue weighted by atomic mass is 9.87. The van der Waals surface area contributed by atoms with Crippen LogP contribution in [0.4, 0.5) is 14.9 Å². The van der Waals surface area contributed by atoms with Crippen molar-refractivity contribution in [2.24, 2.45) is 5.92 Å². The number of carbonyl (C=O) groups is 1. The Balaban J connectivity index is 1.65. The maximum Gasteiger partial charge on any atom is 0.319 e. The summed E-state index contributed by atoms with van der Waals surface area (Å²) in [6.45, 7) is 0.706. The number of hydrogen-bond acceptors (Lipinski definition) is 1. The molecule has 2 N–H and O–H groups in total. The molecule has 1 saturated carbocycles. The number of urea groups is 1. The van der Waals surface area contributed by atoms with Gasteiger partial charge in [-0.05, 0) is 36.6 Å². The first kappa shape index (κ1) is 13.8. The molecule has 2 rings (SSSR count). The molecule has 19 heavy (non-hydrogen) atoms. The van der Waals surface area contributed by atoms with Crippen molar-refractivity contribution in [2.75, 3.05) is 11.9 Å². The lowest BCUT2D eigenvalue weighted by Gasteiger charge is -2.21. The summed E-state index contributed by atoms with van der Waals surface area (Å²) in [5.74, 6) is 0.461. The van der Waals surface area contributed by atoms with Crippen LogP contribution in [0.2, 0.25) is 0 Å². The molecule has 0 aromatic heterocycles. The summed E-state index contributed by atoms with van der Waals surface area (Å²) >= 11 is 0. The first-order valence-electron chi connectivity index (χ1n) is 7.04. The van der Waals surface area contributed by atoms with E-state index >= 15 is 0 Å². The monoisotopic (exact) mass is 264 g/mol. The summed E-state index contributed by atoms with van der Waals surface area (Å²) in [7, 11) is 0. The Labute approximate surface area is 113 Å². The first-order valence-corrected chi connectivity index (χ1v) is 7.04. The largest absolute Gasteiger partial charge is 0.338 e. The Morgan fingerprint density at radius 3 is 2.53 bits per heavy atom. The highest BCUT2D eigenvalue weighted by Gasteiger charge is 2.13. The Kier molecular flexibility index (Phi) is 5.19. The first-order chi connectivity index (χ1) is 9.24. The minimum atomic E-state index is -0.303. The van der Waals surface area contributed by atoms with Gasteiger partial charge in [0.2, 0.25) is 0 Å².